The largest absolute Gasteiger partial charge is 0.355 e. The van der Waals surface area contributed by atoms with Crippen molar-refractivity contribution in [1.29, 1.82) is 0 Å². The average Bonchev–Trinajstić information content (AvgIpc) is 3.21. The number of hydrogen-bond acceptors (Lipinski definition) is 4. The molecular weight excluding hydrogens is 318 g/mol. The van der Waals surface area contributed by atoms with E-state index in [0.717, 1.165) is 38.3 Å². The molecule has 4 nitrogen and oxygen atoms in total. The molecule has 1 heterocycles. The predicted octanol–water partition coefficient (Wildman–Crippen LogP) is 2.49. The first-order valence-corrected chi connectivity index (χ1v) is 9.08. The minimum Gasteiger partial charge on any atom is -0.355 e. The summed E-state index contributed by atoms with van der Waals surface area (Å²) in [6.45, 7) is 2.22. The summed E-state index contributed by atoms with van der Waals surface area (Å²) in [6, 6.07) is 0. The van der Waals surface area contributed by atoms with Gasteiger partial charge in [0.1, 0.15) is 0 Å². The molecule has 0 aromatic carbocycles. The van der Waals surface area contributed by atoms with Gasteiger partial charge in [-0.1, -0.05) is 0 Å². The number of fused-ring (bicyclic) bond motifs is 1. The van der Waals surface area contributed by atoms with Crippen molar-refractivity contribution in [3.8, 4) is 0 Å². The molecule has 1 aromatic heterocycles. The Labute approximate surface area is 142 Å². The van der Waals surface area contributed by atoms with E-state index in [9.17, 15) is 4.79 Å². The molecule has 0 unspecified atom stereocenters. The first-order chi connectivity index (χ1) is 10.3. The molecule has 0 aliphatic heterocycles. The number of rotatable bonds is 8. The number of aromatic nitrogens is 1. The number of carbonyl (C=O) groups excluding carboxylic acids is 1. The minimum absolute atomic E-state index is 0. The Morgan fingerprint density at radius 1 is 1.27 bits per heavy atom. The molecule has 0 spiro atoms. The Kier molecular flexibility index (Phi) is 7.12. The van der Waals surface area contributed by atoms with Crippen molar-refractivity contribution < 1.29 is 4.79 Å². The summed E-state index contributed by atoms with van der Waals surface area (Å²) in [5.41, 5.74) is 1.34. The summed E-state index contributed by atoms with van der Waals surface area (Å²) in [5.74, 6) is 0.947. The zero-order chi connectivity index (χ0) is 14.5. The third kappa shape index (κ3) is 5.52. The number of halogens is 1. The van der Waals surface area contributed by atoms with Crippen LogP contribution in [0.5, 0.6) is 0 Å². The van der Waals surface area contributed by atoms with E-state index in [-0.39, 0.29) is 18.3 Å². The van der Waals surface area contributed by atoms with Gasteiger partial charge in [-0.15, -0.1) is 23.7 Å². The molecule has 0 bridgehead atoms. The maximum absolute atomic E-state index is 11.6. The van der Waals surface area contributed by atoms with Crippen molar-refractivity contribution in [3.63, 3.8) is 0 Å². The number of aryl methyl sites for hydroxylation is 3. The zero-order valence-corrected chi connectivity index (χ0v) is 14.7. The summed E-state index contributed by atoms with van der Waals surface area (Å²) >= 11 is 1.88. The smallest absolute Gasteiger partial charge is 0.233 e. The lowest BCUT2D eigenvalue weighted by Gasteiger charge is -2.06. The van der Waals surface area contributed by atoms with Gasteiger partial charge >= 0.3 is 0 Å². The van der Waals surface area contributed by atoms with E-state index in [0.29, 0.717) is 6.54 Å². The van der Waals surface area contributed by atoms with E-state index in [1.54, 1.807) is 0 Å². The fraction of sp³-hybridized carbons (Fsp3) is 0.750. The Morgan fingerprint density at radius 2 is 2.09 bits per heavy atom. The van der Waals surface area contributed by atoms with Crippen molar-refractivity contribution in [1.82, 2.24) is 15.6 Å². The lowest BCUT2D eigenvalue weighted by Crippen LogP contribution is -2.35. The quantitative estimate of drug-likeness (QED) is 0.713. The van der Waals surface area contributed by atoms with Crippen LogP contribution < -0.4 is 10.6 Å². The molecule has 22 heavy (non-hydrogen) atoms. The van der Waals surface area contributed by atoms with E-state index < -0.39 is 0 Å². The van der Waals surface area contributed by atoms with Crippen molar-refractivity contribution in [2.45, 2.75) is 51.4 Å². The number of nitrogens with zero attached hydrogens (tertiary/aromatic N) is 1. The van der Waals surface area contributed by atoms with Gasteiger partial charge in [-0.2, -0.15) is 0 Å². The van der Waals surface area contributed by atoms with Crippen LogP contribution in [0.15, 0.2) is 0 Å². The highest BCUT2D eigenvalue weighted by Crippen LogP contribution is 2.27. The second-order valence-electron chi connectivity index (χ2n) is 6.21. The second-order valence-corrected chi connectivity index (χ2v) is 7.38. The van der Waals surface area contributed by atoms with Crippen LogP contribution in [0.1, 0.15) is 47.7 Å². The fourth-order valence-electron chi connectivity index (χ4n) is 2.75. The zero-order valence-electron chi connectivity index (χ0n) is 13.0. The molecular formula is C16H26ClN3OS. The third-order valence-electron chi connectivity index (χ3n) is 4.20. The van der Waals surface area contributed by atoms with Crippen LogP contribution in [0.2, 0.25) is 0 Å². The van der Waals surface area contributed by atoms with E-state index in [2.05, 4.69) is 10.6 Å². The number of amides is 1. The molecule has 2 N–H and O–H groups in total. The standard InChI is InChI=1S/C16H25N3OS.ClH/c20-15(11-17-10-12-7-8-12)18-9-3-6-16-19-13-4-1-2-5-14(13)21-16;/h12,17H,1-11H2,(H,18,20);1H. The topological polar surface area (TPSA) is 54.0 Å². The Bertz CT molecular complexity index is 464. The maximum atomic E-state index is 11.6. The summed E-state index contributed by atoms with van der Waals surface area (Å²) in [6.07, 6.45) is 9.62. The van der Waals surface area contributed by atoms with E-state index >= 15 is 0 Å². The van der Waals surface area contributed by atoms with Crippen LogP contribution in [-0.4, -0.2) is 30.5 Å². The third-order valence-corrected chi connectivity index (χ3v) is 5.41. The predicted molar refractivity (Wildman–Crippen MR) is 92.9 cm³/mol. The van der Waals surface area contributed by atoms with Crippen LogP contribution in [0.25, 0.3) is 0 Å². The Hall–Kier alpha value is -0.650. The van der Waals surface area contributed by atoms with Crippen molar-refractivity contribution >= 4 is 29.7 Å². The van der Waals surface area contributed by atoms with Gasteiger partial charge in [0.15, 0.2) is 0 Å². The first-order valence-electron chi connectivity index (χ1n) is 8.26. The number of thiazole rings is 1. The van der Waals surface area contributed by atoms with E-state index in [1.165, 1.54) is 47.7 Å². The van der Waals surface area contributed by atoms with Crippen molar-refractivity contribution in [2.24, 2.45) is 5.92 Å². The van der Waals surface area contributed by atoms with Crippen LogP contribution in [0.4, 0.5) is 0 Å². The van der Waals surface area contributed by atoms with Crippen LogP contribution in [0.3, 0.4) is 0 Å². The monoisotopic (exact) mass is 343 g/mol. The molecule has 124 valence electrons. The molecule has 1 amide bonds. The van der Waals surface area contributed by atoms with Gasteiger partial charge < -0.3 is 10.6 Å². The summed E-state index contributed by atoms with van der Waals surface area (Å²) in [4.78, 5) is 17.9. The van der Waals surface area contributed by atoms with Gasteiger partial charge in [0.05, 0.1) is 17.2 Å². The first kappa shape index (κ1) is 17.7. The van der Waals surface area contributed by atoms with Gasteiger partial charge in [0, 0.05) is 17.8 Å². The highest BCUT2D eigenvalue weighted by atomic mass is 35.5. The summed E-state index contributed by atoms with van der Waals surface area (Å²) in [5, 5.41) is 7.45. The molecule has 1 saturated carbocycles. The van der Waals surface area contributed by atoms with Gasteiger partial charge in [-0.3, -0.25) is 4.79 Å². The molecule has 0 saturated heterocycles. The van der Waals surface area contributed by atoms with E-state index in [1.807, 2.05) is 11.3 Å². The van der Waals surface area contributed by atoms with Gasteiger partial charge in [-0.05, 0) is 57.4 Å². The molecule has 1 aromatic rings. The minimum atomic E-state index is 0. The highest BCUT2D eigenvalue weighted by Gasteiger charge is 2.20. The Balaban J connectivity index is 0.00000176. The molecule has 2 aliphatic rings. The number of carbonyl (C=O) groups is 1. The molecule has 3 rings (SSSR count). The second kappa shape index (κ2) is 8.85. The van der Waals surface area contributed by atoms with Crippen LogP contribution >= 0.6 is 23.7 Å². The number of nitrogens with one attached hydrogen (secondary N) is 2. The Morgan fingerprint density at radius 3 is 2.86 bits per heavy atom. The molecule has 0 radical (unpaired) electrons. The van der Waals surface area contributed by atoms with Crippen LogP contribution in [-0.2, 0) is 24.1 Å². The number of hydrogen-bond donors (Lipinski definition) is 2. The van der Waals surface area contributed by atoms with E-state index in [4.69, 9.17) is 4.98 Å². The maximum Gasteiger partial charge on any atom is 0.233 e. The average molecular weight is 344 g/mol. The highest BCUT2D eigenvalue weighted by molar-refractivity contribution is 7.11. The van der Waals surface area contributed by atoms with Gasteiger partial charge in [0.2, 0.25) is 5.91 Å². The van der Waals surface area contributed by atoms with Crippen LogP contribution in [0, 0.1) is 5.92 Å². The molecule has 2 aliphatic carbocycles. The summed E-state index contributed by atoms with van der Waals surface area (Å²) in [7, 11) is 0. The van der Waals surface area contributed by atoms with Gasteiger partial charge in [0.25, 0.3) is 0 Å². The normalized spacial score (nSPS) is 16.7. The molecule has 0 atom stereocenters. The van der Waals surface area contributed by atoms with Crippen molar-refractivity contribution in [3.05, 3.63) is 15.6 Å². The van der Waals surface area contributed by atoms with Crippen molar-refractivity contribution in [2.75, 3.05) is 19.6 Å². The lowest BCUT2D eigenvalue weighted by atomic mass is 10.0. The van der Waals surface area contributed by atoms with Gasteiger partial charge in [-0.25, -0.2) is 4.98 Å². The SMILES string of the molecule is Cl.O=C(CNCC1CC1)NCCCc1nc2c(s1)CCCC2. The summed E-state index contributed by atoms with van der Waals surface area (Å²) < 4.78 is 0. The lowest BCUT2D eigenvalue weighted by molar-refractivity contribution is -0.120. The molecule has 1 fully saturated rings. The fourth-order valence-corrected chi connectivity index (χ4v) is 3.95. The molecule has 6 heteroatoms.